The third kappa shape index (κ3) is 2.61. The third-order valence-electron chi connectivity index (χ3n) is 1.32. The summed E-state index contributed by atoms with van der Waals surface area (Å²) in [4.78, 5) is 0. The molecule has 0 saturated carbocycles. The van der Waals surface area contributed by atoms with Gasteiger partial charge in [-0.2, -0.15) is 0 Å². The SMILES string of the molecule is NCc1ccc(OS(=O)[O-])cc1. The van der Waals surface area contributed by atoms with Gasteiger partial charge < -0.3 is 14.5 Å². The molecule has 0 bridgehead atoms. The largest absolute Gasteiger partial charge is 0.740 e. The van der Waals surface area contributed by atoms with Gasteiger partial charge in [0, 0.05) is 6.54 Å². The second-order valence-corrected chi connectivity index (χ2v) is 2.71. The summed E-state index contributed by atoms with van der Waals surface area (Å²) in [5.74, 6) is 0.292. The molecule has 1 aromatic carbocycles. The molecule has 0 aliphatic carbocycles. The first-order valence-electron chi connectivity index (χ1n) is 3.29. The van der Waals surface area contributed by atoms with Crippen LogP contribution in [0.25, 0.3) is 0 Å². The van der Waals surface area contributed by atoms with Crippen molar-refractivity contribution in [1.82, 2.24) is 0 Å². The number of nitrogens with two attached hydrogens (primary N) is 1. The van der Waals surface area contributed by atoms with Crippen molar-refractivity contribution in [3.05, 3.63) is 29.8 Å². The Kier molecular flexibility index (Phi) is 3.21. The standard InChI is InChI=1S/C7H9NO3S/c8-5-6-1-3-7(4-2-6)11-12(9)10/h1-4H,5,8H2,(H,9,10)/p-1. The summed E-state index contributed by atoms with van der Waals surface area (Å²) in [5, 5.41) is 0. The fourth-order valence-electron chi connectivity index (χ4n) is 0.760. The average Bonchev–Trinajstić information content (AvgIpc) is 2.05. The number of hydrogen-bond acceptors (Lipinski definition) is 4. The van der Waals surface area contributed by atoms with Gasteiger partial charge in [-0.3, -0.25) is 0 Å². The second kappa shape index (κ2) is 4.20. The molecule has 0 aliphatic rings. The Hall–Kier alpha value is -0.910. The van der Waals surface area contributed by atoms with E-state index in [0.717, 1.165) is 5.56 Å². The van der Waals surface area contributed by atoms with Gasteiger partial charge in [0.15, 0.2) is 0 Å². The number of hydrogen-bond donors (Lipinski definition) is 1. The Morgan fingerprint density at radius 1 is 1.42 bits per heavy atom. The Balaban J connectivity index is 2.71. The molecule has 0 radical (unpaired) electrons. The minimum Gasteiger partial charge on any atom is -0.740 e. The molecular weight excluding hydrogens is 178 g/mol. The summed E-state index contributed by atoms with van der Waals surface area (Å²) < 4.78 is 24.5. The van der Waals surface area contributed by atoms with Gasteiger partial charge in [-0.1, -0.05) is 12.1 Å². The van der Waals surface area contributed by atoms with E-state index in [1.54, 1.807) is 24.3 Å². The van der Waals surface area contributed by atoms with E-state index in [-0.39, 0.29) is 0 Å². The zero-order valence-electron chi connectivity index (χ0n) is 6.23. The van der Waals surface area contributed by atoms with E-state index in [2.05, 4.69) is 4.18 Å². The molecule has 2 N–H and O–H groups in total. The molecule has 0 fully saturated rings. The Morgan fingerprint density at radius 3 is 2.42 bits per heavy atom. The van der Waals surface area contributed by atoms with Gasteiger partial charge in [0.05, 0.1) is 0 Å². The molecule has 1 rings (SSSR count). The van der Waals surface area contributed by atoms with Crippen molar-refractivity contribution >= 4 is 11.4 Å². The van der Waals surface area contributed by atoms with Gasteiger partial charge in [-0.05, 0) is 17.7 Å². The maximum atomic E-state index is 10.1. The molecule has 0 aromatic heterocycles. The van der Waals surface area contributed by atoms with E-state index in [1.165, 1.54) is 0 Å². The normalized spacial score (nSPS) is 12.5. The van der Waals surface area contributed by atoms with Gasteiger partial charge in [0.1, 0.15) is 17.1 Å². The second-order valence-electron chi connectivity index (χ2n) is 2.14. The van der Waals surface area contributed by atoms with E-state index in [9.17, 15) is 8.76 Å². The first-order chi connectivity index (χ1) is 5.72. The molecule has 0 aliphatic heterocycles. The average molecular weight is 186 g/mol. The molecule has 1 atom stereocenters. The van der Waals surface area contributed by atoms with Crippen LogP contribution in [0.4, 0.5) is 0 Å². The van der Waals surface area contributed by atoms with E-state index < -0.39 is 11.4 Å². The first kappa shape index (κ1) is 9.18. The van der Waals surface area contributed by atoms with Gasteiger partial charge in [-0.15, -0.1) is 0 Å². The summed E-state index contributed by atoms with van der Waals surface area (Å²) in [6, 6.07) is 6.53. The lowest BCUT2D eigenvalue weighted by Gasteiger charge is -2.06. The highest BCUT2D eigenvalue weighted by Crippen LogP contribution is 2.12. The summed E-state index contributed by atoms with van der Waals surface area (Å²) in [7, 11) is 0. The van der Waals surface area contributed by atoms with Crippen LogP contribution >= 0.6 is 0 Å². The molecule has 4 nitrogen and oxygen atoms in total. The van der Waals surface area contributed by atoms with Crippen LogP contribution in [-0.2, 0) is 17.9 Å². The molecule has 0 saturated heterocycles. The van der Waals surface area contributed by atoms with Crippen molar-refractivity contribution in [3.8, 4) is 5.75 Å². The molecule has 12 heavy (non-hydrogen) atoms. The molecule has 1 aromatic rings. The lowest BCUT2D eigenvalue weighted by atomic mass is 10.2. The van der Waals surface area contributed by atoms with E-state index in [1.807, 2.05) is 0 Å². The minimum absolute atomic E-state index is 0.292. The molecule has 5 heteroatoms. The third-order valence-corrected chi connectivity index (χ3v) is 1.65. The van der Waals surface area contributed by atoms with Gasteiger partial charge in [-0.25, -0.2) is 4.21 Å². The van der Waals surface area contributed by atoms with Crippen LogP contribution in [0.1, 0.15) is 5.56 Å². The smallest absolute Gasteiger partial charge is 0.139 e. The van der Waals surface area contributed by atoms with Gasteiger partial charge >= 0.3 is 0 Å². The van der Waals surface area contributed by atoms with Crippen molar-refractivity contribution in [1.29, 1.82) is 0 Å². The highest BCUT2D eigenvalue weighted by atomic mass is 32.2. The molecule has 0 amide bonds. The quantitative estimate of drug-likeness (QED) is 0.690. The van der Waals surface area contributed by atoms with Crippen molar-refractivity contribution in [3.63, 3.8) is 0 Å². The Morgan fingerprint density at radius 2 is 2.00 bits per heavy atom. The van der Waals surface area contributed by atoms with Gasteiger partial charge in [0.25, 0.3) is 0 Å². The monoisotopic (exact) mass is 186 g/mol. The van der Waals surface area contributed by atoms with Crippen molar-refractivity contribution < 1.29 is 12.9 Å². The molecule has 1 unspecified atom stereocenters. The zero-order chi connectivity index (χ0) is 8.97. The van der Waals surface area contributed by atoms with Crippen molar-refractivity contribution in [2.45, 2.75) is 6.54 Å². The minimum atomic E-state index is -2.51. The molecular formula is C7H8NO3S-. The molecule has 0 heterocycles. The first-order valence-corrected chi connectivity index (χ1v) is 4.29. The topological polar surface area (TPSA) is 75.4 Å². The number of rotatable bonds is 3. The van der Waals surface area contributed by atoms with E-state index in [4.69, 9.17) is 5.73 Å². The Bertz CT molecular complexity index is 272. The fourth-order valence-corrected chi connectivity index (χ4v) is 1.03. The maximum absolute atomic E-state index is 10.1. The van der Waals surface area contributed by atoms with Crippen LogP contribution < -0.4 is 9.92 Å². The predicted octanol–water partition coefficient (Wildman–Crippen LogP) is 0.318. The summed E-state index contributed by atoms with van der Waals surface area (Å²) in [5.41, 5.74) is 6.27. The predicted molar refractivity (Wildman–Crippen MR) is 43.9 cm³/mol. The maximum Gasteiger partial charge on any atom is 0.139 e. The van der Waals surface area contributed by atoms with Gasteiger partial charge in [0.2, 0.25) is 0 Å². The van der Waals surface area contributed by atoms with Crippen LogP contribution in [0, 0.1) is 0 Å². The highest BCUT2D eigenvalue weighted by Gasteiger charge is 1.93. The van der Waals surface area contributed by atoms with Crippen LogP contribution in [-0.4, -0.2) is 8.76 Å². The van der Waals surface area contributed by atoms with E-state index in [0.29, 0.717) is 12.3 Å². The van der Waals surface area contributed by atoms with Crippen LogP contribution in [0.3, 0.4) is 0 Å². The zero-order valence-corrected chi connectivity index (χ0v) is 7.04. The fraction of sp³-hybridized carbons (Fsp3) is 0.143. The van der Waals surface area contributed by atoms with Crippen LogP contribution in [0.15, 0.2) is 24.3 Å². The number of benzene rings is 1. The Labute approximate surface area is 72.8 Å². The summed E-state index contributed by atoms with van der Waals surface area (Å²) in [6.07, 6.45) is 0. The van der Waals surface area contributed by atoms with Crippen LogP contribution in [0.2, 0.25) is 0 Å². The lowest BCUT2D eigenvalue weighted by Crippen LogP contribution is -1.99. The molecule has 0 spiro atoms. The van der Waals surface area contributed by atoms with Crippen LogP contribution in [0.5, 0.6) is 5.75 Å². The summed E-state index contributed by atoms with van der Waals surface area (Å²) in [6.45, 7) is 0.431. The van der Waals surface area contributed by atoms with E-state index >= 15 is 0 Å². The lowest BCUT2D eigenvalue weighted by molar-refractivity contribution is 0.440. The summed E-state index contributed by atoms with van der Waals surface area (Å²) >= 11 is -2.51. The van der Waals surface area contributed by atoms with Crippen molar-refractivity contribution in [2.75, 3.05) is 0 Å². The molecule has 66 valence electrons. The van der Waals surface area contributed by atoms with Crippen molar-refractivity contribution in [2.24, 2.45) is 5.73 Å². The highest BCUT2D eigenvalue weighted by molar-refractivity contribution is 7.74.